The molecule has 1 aliphatic heterocycles. The van der Waals surface area contributed by atoms with Gasteiger partial charge in [0.2, 0.25) is 10.0 Å². The Hall–Kier alpha value is -1.22. The number of aromatic nitrogens is 1. The molecule has 2 aromatic rings. The second-order valence-electron chi connectivity index (χ2n) is 6.86. The van der Waals surface area contributed by atoms with E-state index in [4.69, 9.17) is 0 Å². The molecule has 0 bridgehead atoms. The van der Waals surface area contributed by atoms with Crippen molar-refractivity contribution in [2.45, 2.75) is 31.1 Å². The minimum absolute atomic E-state index is 0.0896. The van der Waals surface area contributed by atoms with E-state index < -0.39 is 10.0 Å². The lowest BCUT2D eigenvalue weighted by molar-refractivity contribution is 0.182. The Bertz CT molecular complexity index is 901. The molecule has 1 aromatic carbocycles. The second-order valence-corrected chi connectivity index (χ2v) is 9.62. The molecule has 1 fully saturated rings. The summed E-state index contributed by atoms with van der Waals surface area (Å²) < 4.78 is 29.8. The van der Waals surface area contributed by atoms with E-state index in [-0.39, 0.29) is 9.77 Å². The summed E-state index contributed by atoms with van der Waals surface area (Å²) in [4.78, 5) is 14.2. The third-order valence-electron chi connectivity index (χ3n) is 4.76. The van der Waals surface area contributed by atoms with Crippen LogP contribution in [-0.4, -0.2) is 44.1 Å². The van der Waals surface area contributed by atoms with Gasteiger partial charge in [-0.1, -0.05) is 18.3 Å². The standard InChI is InChI=1S/C17H25N3O3S2/c1-13-5-3-9-20(12-13)10-4-8-18-25(22,23)14-6-7-15-16(11-14)24-17(21)19(15)2/h6-7,11,13,18H,3-5,8-10,12H2,1-2H3/t13-/m0/s1. The Morgan fingerprint density at radius 2 is 2.16 bits per heavy atom. The number of nitrogens with zero attached hydrogens (tertiary/aromatic N) is 2. The van der Waals surface area contributed by atoms with Crippen LogP contribution in [0.2, 0.25) is 0 Å². The molecule has 1 aliphatic rings. The predicted octanol–water partition coefficient (Wildman–Crippen LogP) is 2.00. The van der Waals surface area contributed by atoms with Crippen molar-refractivity contribution in [1.29, 1.82) is 0 Å². The third kappa shape index (κ3) is 4.31. The molecular formula is C17H25N3O3S2. The van der Waals surface area contributed by atoms with Gasteiger partial charge in [-0.2, -0.15) is 0 Å². The van der Waals surface area contributed by atoms with Crippen LogP contribution in [0, 0.1) is 5.92 Å². The Morgan fingerprint density at radius 1 is 1.36 bits per heavy atom. The summed E-state index contributed by atoms with van der Waals surface area (Å²) in [6.07, 6.45) is 3.32. The number of thiazole rings is 1. The summed E-state index contributed by atoms with van der Waals surface area (Å²) in [6, 6.07) is 4.83. The van der Waals surface area contributed by atoms with Gasteiger partial charge in [-0.05, 0) is 56.5 Å². The fraction of sp³-hybridized carbons (Fsp3) is 0.588. The topological polar surface area (TPSA) is 71.4 Å². The highest BCUT2D eigenvalue weighted by molar-refractivity contribution is 7.89. The van der Waals surface area contributed by atoms with E-state index in [1.807, 2.05) is 0 Å². The first-order chi connectivity index (χ1) is 11.9. The Balaban J connectivity index is 1.59. The molecule has 1 aromatic heterocycles. The first-order valence-electron chi connectivity index (χ1n) is 8.68. The normalized spacial score (nSPS) is 19.5. The van der Waals surface area contributed by atoms with Gasteiger partial charge in [0.1, 0.15) is 0 Å². The van der Waals surface area contributed by atoms with Crippen molar-refractivity contribution in [3.8, 4) is 0 Å². The molecule has 0 aliphatic carbocycles. The van der Waals surface area contributed by atoms with E-state index in [1.54, 1.807) is 25.2 Å². The number of piperidine rings is 1. The second kappa shape index (κ2) is 7.57. The van der Waals surface area contributed by atoms with Crippen LogP contribution in [0.25, 0.3) is 10.2 Å². The Morgan fingerprint density at radius 3 is 2.92 bits per heavy atom. The summed E-state index contributed by atoms with van der Waals surface area (Å²) >= 11 is 1.06. The van der Waals surface area contributed by atoms with Gasteiger partial charge in [0.25, 0.3) is 0 Å². The van der Waals surface area contributed by atoms with E-state index >= 15 is 0 Å². The smallest absolute Gasteiger partial charge is 0.303 e. The van der Waals surface area contributed by atoms with Gasteiger partial charge in [-0.15, -0.1) is 0 Å². The van der Waals surface area contributed by atoms with E-state index in [2.05, 4.69) is 16.5 Å². The lowest BCUT2D eigenvalue weighted by Crippen LogP contribution is -2.36. The van der Waals surface area contributed by atoms with Crippen LogP contribution in [0.15, 0.2) is 27.9 Å². The maximum Gasteiger partial charge on any atom is 0.307 e. The van der Waals surface area contributed by atoms with E-state index in [0.29, 0.717) is 11.2 Å². The molecule has 3 rings (SSSR count). The SMILES string of the molecule is C[C@H]1CCCN(CCCNS(=O)(=O)c2ccc3c(c2)sc(=O)n3C)C1. The van der Waals surface area contributed by atoms with Gasteiger partial charge < -0.3 is 9.47 Å². The molecule has 0 radical (unpaired) electrons. The van der Waals surface area contributed by atoms with Crippen LogP contribution in [0.3, 0.4) is 0 Å². The van der Waals surface area contributed by atoms with Gasteiger partial charge in [0, 0.05) is 20.1 Å². The van der Waals surface area contributed by atoms with Crippen molar-refractivity contribution in [3.05, 3.63) is 27.9 Å². The molecule has 0 amide bonds. The van der Waals surface area contributed by atoms with Gasteiger partial charge in [0.05, 0.1) is 15.1 Å². The highest BCUT2D eigenvalue weighted by Gasteiger charge is 2.18. The lowest BCUT2D eigenvalue weighted by Gasteiger charge is -2.30. The van der Waals surface area contributed by atoms with Crippen molar-refractivity contribution in [2.75, 3.05) is 26.2 Å². The van der Waals surface area contributed by atoms with Gasteiger partial charge >= 0.3 is 4.87 Å². The van der Waals surface area contributed by atoms with Crippen LogP contribution < -0.4 is 9.60 Å². The molecule has 0 saturated carbocycles. The number of hydrogen-bond donors (Lipinski definition) is 1. The Kier molecular flexibility index (Phi) is 5.62. The zero-order valence-corrected chi connectivity index (χ0v) is 16.3. The van der Waals surface area contributed by atoms with Crippen molar-refractivity contribution < 1.29 is 8.42 Å². The molecule has 8 heteroatoms. The van der Waals surface area contributed by atoms with Crippen LogP contribution >= 0.6 is 11.3 Å². The average molecular weight is 384 g/mol. The van der Waals surface area contributed by atoms with E-state index in [0.717, 1.165) is 48.8 Å². The fourth-order valence-electron chi connectivity index (χ4n) is 3.36. The number of likely N-dealkylation sites (tertiary alicyclic amines) is 1. The highest BCUT2D eigenvalue weighted by atomic mass is 32.2. The zero-order valence-electron chi connectivity index (χ0n) is 14.7. The number of sulfonamides is 1. The maximum atomic E-state index is 12.5. The average Bonchev–Trinajstić information content (AvgIpc) is 2.86. The molecule has 6 nitrogen and oxygen atoms in total. The summed E-state index contributed by atoms with van der Waals surface area (Å²) in [7, 11) is -1.85. The summed E-state index contributed by atoms with van der Waals surface area (Å²) in [5, 5.41) is 0. The monoisotopic (exact) mass is 383 g/mol. The van der Waals surface area contributed by atoms with Gasteiger partial charge in [0.15, 0.2) is 0 Å². The molecule has 1 atom stereocenters. The Labute approximate surface area is 152 Å². The zero-order chi connectivity index (χ0) is 18.0. The number of hydrogen-bond acceptors (Lipinski definition) is 5. The largest absolute Gasteiger partial charge is 0.307 e. The number of rotatable bonds is 6. The van der Waals surface area contributed by atoms with Gasteiger partial charge in [-0.3, -0.25) is 4.79 Å². The number of benzene rings is 1. The van der Waals surface area contributed by atoms with E-state index in [1.165, 1.54) is 17.4 Å². The molecule has 25 heavy (non-hydrogen) atoms. The predicted molar refractivity (Wildman–Crippen MR) is 102 cm³/mol. The van der Waals surface area contributed by atoms with Crippen molar-refractivity contribution in [1.82, 2.24) is 14.2 Å². The molecule has 0 spiro atoms. The van der Waals surface area contributed by atoms with Crippen LogP contribution in [0.5, 0.6) is 0 Å². The number of nitrogens with one attached hydrogen (secondary N) is 1. The first-order valence-corrected chi connectivity index (χ1v) is 11.0. The molecule has 138 valence electrons. The van der Waals surface area contributed by atoms with Crippen LogP contribution in [0.1, 0.15) is 26.2 Å². The lowest BCUT2D eigenvalue weighted by atomic mass is 10.0. The van der Waals surface area contributed by atoms with Crippen molar-refractivity contribution >= 4 is 31.6 Å². The van der Waals surface area contributed by atoms with Gasteiger partial charge in [-0.25, -0.2) is 13.1 Å². The third-order valence-corrected chi connectivity index (χ3v) is 7.21. The van der Waals surface area contributed by atoms with Crippen LogP contribution in [0.4, 0.5) is 0 Å². The van der Waals surface area contributed by atoms with Crippen LogP contribution in [-0.2, 0) is 17.1 Å². The van der Waals surface area contributed by atoms with E-state index in [9.17, 15) is 13.2 Å². The minimum atomic E-state index is -3.54. The summed E-state index contributed by atoms with van der Waals surface area (Å²) in [6.45, 7) is 5.84. The minimum Gasteiger partial charge on any atom is -0.303 e. The molecule has 1 N–H and O–H groups in total. The number of aryl methyl sites for hydroxylation is 1. The first kappa shape index (κ1) is 18.6. The molecule has 1 saturated heterocycles. The highest BCUT2D eigenvalue weighted by Crippen LogP contribution is 2.21. The number of fused-ring (bicyclic) bond motifs is 1. The molecule has 0 unspecified atom stereocenters. The maximum absolute atomic E-state index is 12.5. The summed E-state index contributed by atoms with van der Waals surface area (Å²) in [5.74, 6) is 0.732. The molecular weight excluding hydrogens is 358 g/mol. The van der Waals surface area contributed by atoms with Crippen molar-refractivity contribution in [3.63, 3.8) is 0 Å². The summed E-state index contributed by atoms with van der Waals surface area (Å²) in [5.41, 5.74) is 0.758. The molecule has 2 heterocycles. The fourth-order valence-corrected chi connectivity index (χ4v) is 5.46. The quantitative estimate of drug-likeness (QED) is 0.775. The van der Waals surface area contributed by atoms with Crippen molar-refractivity contribution in [2.24, 2.45) is 13.0 Å².